The quantitative estimate of drug-likeness (QED) is 0.249. The van der Waals surface area contributed by atoms with Gasteiger partial charge in [-0.3, -0.25) is 4.79 Å². The first-order chi connectivity index (χ1) is 11.6. The van der Waals surface area contributed by atoms with E-state index in [0.29, 0.717) is 19.1 Å². The molecule has 1 rings (SSSR count). The zero-order chi connectivity index (χ0) is 19.4. The lowest BCUT2D eigenvalue weighted by molar-refractivity contribution is -0.113. The summed E-state index contributed by atoms with van der Waals surface area (Å²) in [6.07, 6.45) is 0.292. The Kier molecular flexibility index (Phi) is 7.62. The van der Waals surface area contributed by atoms with Gasteiger partial charge in [0.15, 0.2) is 23.1 Å². The van der Waals surface area contributed by atoms with E-state index in [1.165, 1.54) is 12.3 Å². The molecule has 0 fully saturated rings. The highest BCUT2D eigenvalue weighted by molar-refractivity contribution is 8.03. The zero-order valence-electron chi connectivity index (χ0n) is 14.1. The monoisotopic (exact) mass is 382 g/mol. The van der Waals surface area contributed by atoms with E-state index in [0.717, 1.165) is 18.2 Å². The van der Waals surface area contributed by atoms with Gasteiger partial charge < -0.3 is 4.74 Å². The third-order valence-electron chi connectivity index (χ3n) is 3.42. The Morgan fingerprint density at radius 2 is 1.96 bits per heavy atom. The van der Waals surface area contributed by atoms with Gasteiger partial charge in [-0.1, -0.05) is 13.5 Å². The Bertz CT molecular complexity index is 649. The van der Waals surface area contributed by atoms with E-state index < -0.39 is 40.7 Å². The molecule has 0 spiro atoms. The molecule has 0 radical (unpaired) electrons. The van der Waals surface area contributed by atoms with Crippen molar-refractivity contribution in [3.63, 3.8) is 0 Å². The second-order valence-electron chi connectivity index (χ2n) is 5.50. The predicted octanol–water partition coefficient (Wildman–Crippen LogP) is 5.24. The van der Waals surface area contributed by atoms with E-state index in [2.05, 4.69) is 6.58 Å². The normalized spacial score (nSPS) is 24.8. The first-order valence-corrected chi connectivity index (χ1v) is 8.66. The number of thioether (sulfide) groups is 1. The summed E-state index contributed by atoms with van der Waals surface area (Å²) in [7, 11) is 0. The van der Waals surface area contributed by atoms with Crippen molar-refractivity contribution in [2.24, 2.45) is 0 Å². The molecule has 0 aromatic heterocycles. The van der Waals surface area contributed by atoms with E-state index in [-0.39, 0.29) is 11.5 Å². The third-order valence-corrected chi connectivity index (χ3v) is 4.16. The third kappa shape index (κ3) is 4.61. The highest BCUT2D eigenvalue weighted by Gasteiger charge is 2.50. The second kappa shape index (κ2) is 8.80. The first kappa shape index (κ1) is 21.6. The Morgan fingerprint density at radius 1 is 1.36 bits per heavy atom. The van der Waals surface area contributed by atoms with E-state index in [4.69, 9.17) is 4.74 Å². The van der Waals surface area contributed by atoms with Gasteiger partial charge in [-0.25, -0.2) is 22.0 Å². The van der Waals surface area contributed by atoms with Crippen LogP contribution in [0.5, 0.6) is 0 Å². The van der Waals surface area contributed by atoms with Gasteiger partial charge in [0.2, 0.25) is 12.0 Å². The Hall–Kier alpha value is -1.41. The lowest BCUT2D eigenvalue weighted by atomic mass is 9.85. The molecule has 0 saturated heterocycles. The molecular formula is C17H19F5O2S. The average Bonchev–Trinajstić information content (AvgIpc) is 2.56. The summed E-state index contributed by atoms with van der Waals surface area (Å²) in [6.45, 7) is 6.55. The summed E-state index contributed by atoms with van der Waals surface area (Å²) >= 11 is 0.818. The maximum absolute atomic E-state index is 14.5. The van der Waals surface area contributed by atoms with Crippen LogP contribution in [0, 0.1) is 0 Å². The van der Waals surface area contributed by atoms with Crippen LogP contribution in [-0.4, -0.2) is 37.1 Å². The molecule has 0 saturated carbocycles. The molecule has 25 heavy (non-hydrogen) atoms. The van der Waals surface area contributed by atoms with Crippen molar-refractivity contribution in [1.82, 2.24) is 0 Å². The molecular weight excluding hydrogens is 363 g/mol. The highest BCUT2D eigenvalue weighted by atomic mass is 32.2. The van der Waals surface area contributed by atoms with Crippen LogP contribution in [0.2, 0.25) is 0 Å². The fourth-order valence-corrected chi connectivity index (χ4v) is 2.72. The molecule has 8 heteroatoms. The van der Waals surface area contributed by atoms with Crippen molar-refractivity contribution in [3.05, 3.63) is 46.2 Å². The van der Waals surface area contributed by atoms with Crippen LogP contribution in [0.25, 0.3) is 0 Å². The van der Waals surface area contributed by atoms with Gasteiger partial charge in [0.05, 0.1) is 17.1 Å². The van der Waals surface area contributed by atoms with Crippen LogP contribution in [0.15, 0.2) is 46.2 Å². The van der Waals surface area contributed by atoms with Crippen molar-refractivity contribution in [2.45, 2.75) is 32.1 Å². The molecule has 0 N–H and O–H groups in total. The molecule has 1 aliphatic rings. The van der Waals surface area contributed by atoms with Gasteiger partial charge in [0.1, 0.15) is 0 Å². The minimum Gasteiger partial charge on any atom is -0.377 e. The van der Waals surface area contributed by atoms with Crippen LogP contribution in [-0.2, 0) is 9.53 Å². The van der Waals surface area contributed by atoms with Crippen molar-refractivity contribution in [3.8, 4) is 0 Å². The molecule has 2 nitrogen and oxygen atoms in total. The molecule has 0 aromatic carbocycles. The van der Waals surface area contributed by atoms with Gasteiger partial charge >= 0.3 is 0 Å². The maximum Gasteiger partial charge on any atom is 0.206 e. The fourth-order valence-electron chi connectivity index (χ4n) is 2.14. The summed E-state index contributed by atoms with van der Waals surface area (Å²) in [5.41, 5.74) is -4.45. The van der Waals surface area contributed by atoms with E-state index in [1.807, 2.05) is 6.92 Å². The number of ketones is 1. The number of allylic oxidation sites excluding steroid dienone is 5. The molecule has 0 heterocycles. The summed E-state index contributed by atoms with van der Waals surface area (Å²) in [4.78, 5) is 12.2. The van der Waals surface area contributed by atoms with Gasteiger partial charge in [-0.15, -0.1) is 11.8 Å². The summed E-state index contributed by atoms with van der Waals surface area (Å²) < 4.78 is 74.2. The number of hydrogen-bond acceptors (Lipinski definition) is 3. The predicted molar refractivity (Wildman–Crippen MR) is 88.6 cm³/mol. The topological polar surface area (TPSA) is 26.3 Å². The number of carbonyl (C=O) groups is 1. The van der Waals surface area contributed by atoms with Crippen LogP contribution in [0.1, 0.15) is 20.3 Å². The van der Waals surface area contributed by atoms with Crippen LogP contribution >= 0.6 is 11.8 Å². The SMILES string of the molecule is C=C(/C=C(\SC)C(=O)C1=C(F)C(F)C(F)=C(F)C1(C)F)COCCC. The molecule has 0 bridgehead atoms. The maximum atomic E-state index is 14.5. The molecule has 2 atom stereocenters. The van der Waals surface area contributed by atoms with Crippen molar-refractivity contribution in [1.29, 1.82) is 0 Å². The lowest BCUT2D eigenvalue weighted by Gasteiger charge is -2.28. The zero-order valence-corrected chi connectivity index (χ0v) is 14.9. The number of ether oxygens (including phenoxy) is 1. The van der Waals surface area contributed by atoms with Gasteiger partial charge in [-0.05, 0) is 31.2 Å². The first-order valence-electron chi connectivity index (χ1n) is 7.44. The minimum atomic E-state index is -3.40. The summed E-state index contributed by atoms with van der Waals surface area (Å²) in [6, 6.07) is 0. The number of halogens is 5. The smallest absolute Gasteiger partial charge is 0.206 e. The minimum absolute atomic E-state index is 0.0776. The number of rotatable bonds is 8. The molecule has 0 amide bonds. The Morgan fingerprint density at radius 3 is 2.48 bits per heavy atom. The second-order valence-corrected chi connectivity index (χ2v) is 6.35. The van der Waals surface area contributed by atoms with Crippen LogP contribution in [0.3, 0.4) is 0 Å². The van der Waals surface area contributed by atoms with Gasteiger partial charge in [-0.2, -0.15) is 0 Å². The van der Waals surface area contributed by atoms with Crippen LogP contribution in [0.4, 0.5) is 22.0 Å². The van der Waals surface area contributed by atoms with E-state index in [9.17, 15) is 26.7 Å². The fraction of sp³-hybridized carbons (Fsp3) is 0.471. The molecule has 0 aromatic rings. The molecule has 0 aliphatic heterocycles. The van der Waals surface area contributed by atoms with Crippen LogP contribution < -0.4 is 0 Å². The highest BCUT2D eigenvalue weighted by Crippen LogP contribution is 2.45. The van der Waals surface area contributed by atoms with Crippen molar-refractivity contribution >= 4 is 17.5 Å². The van der Waals surface area contributed by atoms with Crippen molar-refractivity contribution < 1.29 is 31.5 Å². The average molecular weight is 382 g/mol. The van der Waals surface area contributed by atoms with E-state index in [1.54, 1.807) is 0 Å². The number of carbonyl (C=O) groups excluding carboxylic acids is 1. The summed E-state index contributed by atoms with van der Waals surface area (Å²) in [5.74, 6) is -7.58. The Labute approximate surface area is 147 Å². The Balaban J connectivity index is 3.20. The standard InChI is InChI=1S/C17H19F5O2S/c1-5-6-24-8-9(2)7-10(25-4)15(23)11-12(18)13(19)14(20)16(21)17(11,3)22/h7,13H,2,5-6,8H2,1,3-4H3/b10-7-. The lowest BCUT2D eigenvalue weighted by Crippen LogP contribution is -2.35. The number of Topliss-reactive ketones (excluding diaryl/α,β-unsaturated/α-hetero) is 1. The van der Waals surface area contributed by atoms with Gasteiger partial charge in [0, 0.05) is 6.61 Å². The van der Waals surface area contributed by atoms with Gasteiger partial charge in [0.25, 0.3) is 0 Å². The number of alkyl halides is 2. The largest absolute Gasteiger partial charge is 0.377 e. The summed E-state index contributed by atoms with van der Waals surface area (Å²) in [5, 5.41) is 0. The molecule has 140 valence electrons. The number of hydrogen-bond donors (Lipinski definition) is 0. The van der Waals surface area contributed by atoms with E-state index >= 15 is 0 Å². The van der Waals surface area contributed by atoms with Crippen molar-refractivity contribution in [2.75, 3.05) is 19.5 Å². The molecule has 2 unspecified atom stereocenters. The molecule has 1 aliphatic carbocycles.